The number of ether oxygens (including phenoxy) is 1. The van der Waals surface area contributed by atoms with Crippen molar-refractivity contribution in [3.05, 3.63) is 0 Å². The third-order valence-corrected chi connectivity index (χ3v) is 3.07. The lowest BCUT2D eigenvalue weighted by Gasteiger charge is -2.42. The minimum atomic E-state index is -0.103. The van der Waals surface area contributed by atoms with Gasteiger partial charge in [-0.05, 0) is 39.4 Å². The number of morpholine rings is 1. The summed E-state index contributed by atoms with van der Waals surface area (Å²) < 4.78 is 5.85. The summed E-state index contributed by atoms with van der Waals surface area (Å²) in [5, 5.41) is 4.19. The van der Waals surface area contributed by atoms with Crippen molar-refractivity contribution in [2.45, 2.75) is 52.2 Å². The predicted molar refractivity (Wildman–Crippen MR) is 71.7 cm³/mol. The van der Waals surface area contributed by atoms with E-state index in [1.54, 1.807) is 0 Å². The van der Waals surface area contributed by atoms with Crippen molar-refractivity contribution < 1.29 is 4.74 Å². The highest BCUT2D eigenvalue weighted by atomic mass is 32.1. The molecule has 0 aliphatic carbocycles. The van der Waals surface area contributed by atoms with E-state index in [9.17, 15) is 0 Å². The first-order valence-electron chi connectivity index (χ1n) is 6.15. The largest absolute Gasteiger partial charge is 0.369 e. The van der Waals surface area contributed by atoms with Gasteiger partial charge in [-0.3, -0.25) is 0 Å². The van der Waals surface area contributed by atoms with Crippen LogP contribution >= 0.6 is 12.2 Å². The molecule has 1 heterocycles. The summed E-state index contributed by atoms with van der Waals surface area (Å²) in [4.78, 5) is 2.22. The van der Waals surface area contributed by atoms with E-state index in [1.807, 2.05) is 0 Å². The van der Waals surface area contributed by atoms with Crippen molar-refractivity contribution in [3.63, 3.8) is 0 Å². The first-order valence-corrected chi connectivity index (χ1v) is 6.56. The van der Waals surface area contributed by atoms with Crippen LogP contribution in [0.1, 0.15) is 40.5 Å². The average molecular weight is 244 g/mol. The van der Waals surface area contributed by atoms with E-state index in [4.69, 9.17) is 17.0 Å². The minimum absolute atomic E-state index is 0.103. The number of nitrogens with zero attached hydrogens (tertiary/aromatic N) is 1. The lowest BCUT2D eigenvalue weighted by molar-refractivity contribution is -0.112. The maximum atomic E-state index is 5.85. The van der Waals surface area contributed by atoms with E-state index in [1.165, 1.54) is 12.8 Å². The second-order valence-electron chi connectivity index (χ2n) is 5.15. The summed E-state index contributed by atoms with van der Waals surface area (Å²) >= 11 is 5.40. The van der Waals surface area contributed by atoms with E-state index in [2.05, 4.69) is 37.9 Å². The number of hydrogen-bond donors (Lipinski definition) is 1. The van der Waals surface area contributed by atoms with Gasteiger partial charge in [0.15, 0.2) is 5.11 Å². The molecule has 1 rings (SSSR count). The molecule has 1 unspecified atom stereocenters. The average Bonchev–Trinajstić information content (AvgIpc) is 2.14. The van der Waals surface area contributed by atoms with Crippen molar-refractivity contribution in [1.82, 2.24) is 10.2 Å². The van der Waals surface area contributed by atoms with E-state index in [0.717, 1.165) is 24.7 Å². The van der Waals surface area contributed by atoms with Crippen LogP contribution in [0.2, 0.25) is 0 Å². The Labute approximate surface area is 105 Å². The molecule has 0 saturated carbocycles. The fourth-order valence-electron chi connectivity index (χ4n) is 2.09. The molecule has 0 aromatic rings. The Morgan fingerprint density at radius 3 is 2.81 bits per heavy atom. The Hall–Kier alpha value is -0.350. The summed E-state index contributed by atoms with van der Waals surface area (Å²) in [6, 6.07) is 0. The van der Waals surface area contributed by atoms with Gasteiger partial charge in [0.1, 0.15) is 0 Å². The molecular formula is C12H24N2OS. The second kappa shape index (κ2) is 5.82. The molecule has 1 atom stereocenters. The van der Waals surface area contributed by atoms with E-state index >= 15 is 0 Å². The fourth-order valence-corrected chi connectivity index (χ4v) is 2.33. The van der Waals surface area contributed by atoms with Gasteiger partial charge in [-0.2, -0.15) is 0 Å². The zero-order chi connectivity index (χ0) is 12.2. The summed E-state index contributed by atoms with van der Waals surface area (Å²) in [7, 11) is 0. The number of unbranched alkanes of at least 4 members (excludes halogenated alkanes) is 1. The van der Waals surface area contributed by atoms with Gasteiger partial charge in [0.05, 0.1) is 11.7 Å². The van der Waals surface area contributed by atoms with Gasteiger partial charge in [-0.1, -0.05) is 13.3 Å². The third-order valence-electron chi connectivity index (χ3n) is 2.66. The molecule has 0 aromatic carbocycles. The van der Waals surface area contributed by atoms with Crippen LogP contribution in [-0.4, -0.2) is 41.4 Å². The molecule has 1 N–H and O–H groups in total. The molecule has 0 amide bonds. The Morgan fingerprint density at radius 1 is 1.56 bits per heavy atom. The first kappa shape index (κ1) is 13.7. The molecule has 1 fully saturated rings. The van der Waals surface area contributed by atoms with Gasteiger partial charge in [0.2, 0.25) is 0 Å². The Kier molecular flexibility index (Phi) is 4.99. The second-order valence-corrected chi connectivity index (χ2v) is 5.54. The normalized spacial score (nSPS) is 24.2. The molecule has 1 saturated heterocycles. The molecule has 1 aliphatic heterocycles. The maximum Gasteiger partial charge on any atom is 0.169 e. The Bertz CT molecular complexity index is 243. The smallest absolute Gasteiger partial charge is 0.169 e. The van der Waals surface area contributed by atoms with Gasteiger partial charge in [0, 0.05) is 19.6 Å². The fraction of sp³-hybridized carbons (Fsp3) is 0.917. The first-order chi connectivity index (χ1) is 7.44. The lowest BCUT2D eigenvalue weighted by atomic mass is 10.1. The van der Waals surface area contributed by atoms with Crippen LogP contribution in [0.15, 0.2) is 0 Å². The van der Waals surface area contributed by atoms with Crippen LogP contribution in [0.5, 0.6) is 0 Å². The van der Waals surface area contributed by atoms with E-state index < -0.39 is 0 Å². The third kappa shape index (κ3) is 4.26. The predicted octanol–water partition coefficient (Wildman–Crippen LogP) is 2.16. The van der Waals surface area contributed by atoms with Gasteiger partial charge in [-0.25, -0.2) is 0 Å². The molecule has 0 aromatic heterocycles. The van der Waals surface area contributed by atoms with Crippen LogP contribution in [0.4, 0.5) is 0 Å². The Balaban J connectivity index is 2.43. The highest BCUT2D eigenvalue weighted by molar-refractivity contribution is 7.80. The van der Waals surface area contributed by atoms with Gasteiger partial charge in [0.25, 0.3) is 0 Å². The molecule has 0 spiro atoms. The molecule has 94 valence electrons. The van der Waals surface area contributed by atoms with Crippen molar-refractivity contribution >= 4 is 17.3 Å². The lowest BCUT2D eigenvalue weighted by Crippen LogP contribution is -2.56. The monoisotopic (exact) mass is 244 g/mol. The van der Waals surface area contributed by atoms with Crippen molar-refractivity contribution in [2.24, 2.45) is 0 Å². The van der Waals surface area contributed by atoms with Crippen molar-refractivity contribution in [1.29, 1.82) is 0 Å². The minimum Gasteiger partial charge on any atom is -0.369 e. The van der Waals surface area contributed by atoms with Gasteiger partial charge >= 0.3 is 0 Å². The van der Waals surface area contributed by atoms with Crippen molar-refractivity contribution in [3.8, 4) is 0 Å². The molecule has 3 nitrogen and oxygen atoms in total. The number of thiocarbonyl (C=S) groups is 1. The van der Waals surface area contributed by atoms with Crippen LogP contribution < -0.4 is 5.32 Å². The number of hydrogen-bond acceptors (Lipinski definition) is 2. The van der Waals surface area contributed by atoms with Gasteiger partial charge < -0.3 is 15.0 Å². The Morgan fingerprint density at radius 2 is 2.25 bits per heavy atom. The standard InChI is InChI=1S/C12H24N2OS/c1-5-6-7-13-11(16)14-8-10(2)15-12(3,4)9-14/h10H,5-9H2,1-4H3,(H,13,16). The van der Waals surface area contributed by atoms with Crippen LogP contribution in [0.25, 0.3) is 0 Å². The SMILES string of the molecule is CCCCNC(=S)N1CC(C)OC(C)(C)C1. The molecule has 1 aliphatic rings. The number of nitrogens with one attached hydrogen (secondary N) is 1. The van der Waals surface area contributed by atoms with Gasteiger partial charge in [-0.15, -0.1) is 0 Å². The summed E-state index contributed by atoms with van der Waals surface area (Å²) in [6.45, 7) is 11.3. The quantitative estimate of drug-likeness (QED) is 0.607. The summed E-state index contributed by atoms with van der Waals surface area (Å²) in [5.41, 5.74) is -0.103. The zero-order valence-electron chi connectivity index (χ0n) is 10.9. The van der Waals surface area contributed by atoms with Crippen LogP contribution in [-0.2, 0) is 4.74 Å². The molecular weight excluding hydrogens is 220 g/mol. The molecule has 4 heteroatoms. The van der Waals surface area contributed by atoms with Crippen LogP contribution in [0, 0.1) is 0 Å². The highest BCUT2D eigenvalue weighted by Crippen LogP contribution is 2.20. The topological polar surface area (TPSA) is 24.5 Å². The van der Waals surface area contributed by atoms with E-state index in [-0.39, 0.29) is 11.7 Å². The summed E-state index contributed by atoms with van der Waals surface area (Å²) in [5.74, 6) is 0. The number of rotatable bonds is 3. The van der Waals surface area contributed by atoms with Crippen LogP contribution in [0.3, 0.4) is 0 Å². The highest BCUT2D eigenvalue weighted by Gasteiger charge is 2.32. The summed E-state index contributed by atoms with van der Waals surface area (Å²) in [6.07, 6.45) is 2.61. The molecule has 0 radical (unpaired) electrons. The van der Waals surface area contributed by atoms with E-state index in [0.29, 0.717) is 0 Å². The maximum absolute atomic E-state index is 5.85. The molecule has 16 heavy (non-hydrogen) atoms. The van der Waals surface area contributed by atoms with Crippen molar-refractivity contribution in [2.75, 3.05) is 19.6 Å². The molecule has 0 bridgehead atoms. The zero-order valence-corrected chi connectivity index (χ0v) is 11.7.